The zero-order valence-electron chi connectivity index (χ0n) is 10.2. The lowest BCUT2D eigenvalue weighted by Gasteiger charge is -2.14. The Morgan fingerprint density at radius 2 is 2.00 bits per heavy atom. The number of ether oxygens (including phenoxy) is 1. The van der Waals surface area contributed by atoms with Crippen molar-refractivity contribution in [2.75, 3.05) is 13.2 Å². The van der Waals surface area contributed by atoms with Crippen LogP contribution in [0.15, 0.2) is 18.2 Å². The number of amides is 1. The summed E-state index contributed by atoms with van der Waals surface area (Å²) >= 11 is 0. The van der Waals surface area contributed by atoms with Crippen molar-refractivity contribution in [3.8, 4) is 0 Å². The van der Waals surface area contributed by atoms with Gasteiger partial charge in [0.15, 0.2) is 11.6 Å². The van der Waals surface area contributed by atoms with Crippen LogP contribution in [0.1, 0.15) is 18.5 Å². The molecule has 0 aromatic heterocycles. The molecule has 0 saturated heterocycles. The normalized spacial score (nSPS) is 11.9. The van der Waals surface area contributed by atoms with E-state index in [9.17, 15) is 18.4 Å². The Labute approximate surface area is 108 Å². The van der Waals surface area contributed by atoms with E-state index in [1.165, 1.54) is 6.07 Å². The van der Waals surface area contributed by atoms with E-state index in [0.717, 1.165) is 12.1 Å². The van der Waals surface area contributed by atoms with Crippen molar-refractivity contribution in [2.24, 2.45) is 0 Å². The second-order valence-corrected chi connectivity index (χ2v) is 3.85. The maximum atomic E-state index is 13.0. The van der Waals surface area contributed by atoms with Crippen LogP contribution in [0.4, 0.5) is 8.78 Å². The van der Waals surface area contributed by atoms with E-state index in [1.807, 2.05) is 0 Å². The molecule has 2 N–H and O–H groups in total. The van der Waals surface area contributed by atoms with Gasteiger partial charge in [-0.2, -0.15) is 0 Å². The van der Waals surface area contributed by atoms with Gasteiger partial charge in [0, 0.05) is 0 Å². The van der Waals surface area contributed by atoms with Gasteiger partial charge in [0.25, 0.3) is 0 Å². The fourth-order valence-electron chi connectivity index (χ4n) is 1.38. The van der Waals surface area contributed by atoms with Crippen LogP contribution in [0.3, 0.4) is 0 Å². The Morgan fingerprint density at radius 1 is 1.32 bits per heavy atom. The lowest BCUT2D eigenvalue weighted by atomic mass is 10.1. The molecule has 19 heavy (non-hydrogen) atoms. The molecule has 0 aliphatic heterocycles. The number of carbonyl (C=O) groups is 2. The van der Waals surface area contributed by atoms with E-state index in [4.69, 9.17) is 5.11 Å². The van der Waals surface area contributed by atoms with E-state index >= 15 is 0 Å². The first kappa shape index (κ1) is 15.0. The molecule has 1 aromatic carbocycles. The third-order valence-electron chi connectivity index (χ3n) is 2.28. The van der Waals surface area contributed by atoms with Crippen LogP contribution in [-0.4, -0.2) is 30.2 Å². The third-order valence-corrected chi connectivity index (χ3v) is 2.28. The van der Waals surface area contributed by atoms with Crippen LogP contribution in [0.25, 0.3) is 0 Å². The number of carboxylic acids is 1. The van der Waals surface area contributed by atoms with Crippen molar-refractivity contribution in [3.05, 3.63) is 35.4 Å². The Bertz CT molecular complexity index is 479. The van der Waals surface area contributed by atoms with Crippen LogP contribution in [0, 0.1) is 11.6 Å². The first-order valence-corrected chi connectivity index (χ1v) is 5.44. The molecule has 1 unspecified atom stereocenters. The molecular formula is C12H13F2NO4. The van der Waals surface area contributed by atoms with Gasteiger partial charge in [0.05, 0.1) is 6.04 Å². The van der Waals surface area contributed by atoms with Crippen LogP contribution < -0.4 is 5.32 Å². The number of carbonyl (C=O) groups excluding carboxylic acids is 1. The number of halogens is 2. The predicted molar refractivity (Wildman–Crippen MR) is 61.4 cm³/mol. The van der Waals surface area contributed by atoms with Gasteiger partial charge >= 0.3 is 5.97 Å². The molecule has 5 nitrogen and oxygen atoms in total. The van der Waals surface area contributed by atoms with Crippen molar-refractivity contribution >= 4 is 11.9 Å². The van der Waals surface area contributed by atoms with Crippen molar-refractivity contribution < 1.29 is 28.2 Å². The van der Waals surface area contributed by atoms with Gasteiger partial charge < -0.3 is 15.2 Å². The number of hydrogen-bond donors (Lipinski definition) is 2. The SMILES string of the molecule is CC(NC(=O)COCC(=O)O)c1ccc(F)c(F)c1. The number of rotatable bonds is 6. The van der Waals surface area contributed by atoms with Gasteiger partial charge in [-0.3, -0.25) is 4.79 Å². The first-order chi connectivity index (χ1) is 8.90. The van der Waals surface area contributed by atoms with Gasteiger partial charge in [-0.05, 0) is 24.6 Å². The summed E-state index contributed by atoms with van der Waals surface area (Å²) in [6.07, 6.45) is 0. The number of nitrogens with one attached hydrogen (secondary N) is 1. The van der Waals surface area contributed by atoms with Crippen molar-refractivity contribution in [2.45, 2.75) is 13.0 Å². The second kappa shape index (κ2) is 6.79. The molecule has 0 spiro atoms. The van der Waals surface area contributed by atoms with Crippen molar-refractivity contribution in [1.82, 2.24) is 5.32 Å². The average Bonchev–Trinajstić information content (AvgIpc) is 2.32. The molecule has 1 aromatic rings. The minimum Gasteiger partial charge on any atom is -0.480 e. The topological polar surface area (TPSA) is 75.6 Å². The van der Waals surface area contributed by atoms with Gasteiger partial charge in [-0.15, -0.1) is 0 Å². The first-order valence-electron chi connectivity index (χ1n) is 5.44. The maximum Gasteiger partial charge on any atom is 0.329 e. The number of hydrogen-bond acceptors (Lipinski definition) is 3. The van der Waals surface area contributed by atoms with E-state index in [-0.39, 0.29) is 0 Å². The summed E-state index contributed by atoms with van der Waals surface area (Å²) in [5.74, 6) is -3.69. The number of aliphatic carboxylic acids is 1. The van der Waals surface area contributed by atoms with Crippen LogP contribution in [0.2, 0.25) is 0 Å². The summed E-state index contributed by atoms with van der Waals surface area (Å²) in [6.45, 7) is 0.592. The minimum absolute atomic E-state index is 0.394. The molecular weight excluding hydrogens is 260 g/mol. The predicted octanol–water partition coefficient (Wildman–Crippen LogP) is 1.24. The van der Waals surface area contributed by atoms with Crippen LogP contribution in [0.5, 0.6) is 0 Å². The Morgan fingerprint density at radius 3 is 2.58 bits per heavy atom. The zero-order valence-corrected chi connectivity index (χ0v) is 10.2. The van der Waals surface area contributed by atoms with Crippen molar-refractivity contribution in [1.29, 1.82) is 0 Å². The summed E-state index contributed by atoms with van der Waals surface area (Å²) in [7, 11) is 0. The second-order valence-electron chi connectivity index (χ2n) is 3.85. The van der Waals surface area contributed by atoms with E-state index < -0.39 is 42.8 Å². The highest BCUT2D eigenvalue weighted by Gasteiger charge is 2.12. The molecule has 0 radical (unpaired) electrons. The highest BCUT2D eigenvalue weighted by molar-refractivity contribution is 5.78. The number of carboxylic acid groups (broad SMARTS) is 1. The fraction of sp³-hybridized carbons (Fsp3) is 0.333. The third kappa shape index (κ3) is 5.01. The molecule has 7 heteroatoms. The molecule has 1 atom stereocenters. The molecule has 0 saturated carbocycles. The highest BCUT2D eigenvalue weighted by atomic mass is 19.2. The lowest BCUT2D eigenvalue weighted by Crippen LogP contribution is -2.31. The van der Waals surface area contributed by atoms with Gasteiger partial charge in [-0.25, -0.2) is 13.6 Å². The summed E-state index contributed by atoms with van der Waals surface area (Å²) in [4.78, 5) is 21.5. The maximum absolute atomic E-state index is 13.0. The fourth-order valence-corrected chi connectivity index (χ4v) is 1.38. The Balaban J connectivity index is 2.49. The molecule has 1 rings (SSSR count). The van der Waals surface area contributed by atoms with Gasteiger partial charge in [-0.1, -0.05) is 6.07 Å². The van der Waals surface area contributed by atoms with E-state index in [1.54, 1.807) is 6.92 Å². The highest BCUT2D eigenvalue weighted by Crippen LogP contribution is 2.15. The number of benzene rings is 1. The smallest absolute Gasteiger partial charge is 0.329 e. The van der Waals surface area contributed by atoms with Crippen LogP contribution >= 0.6 is 0 Å². The monoisotopic (exact) mass is 273 g/mol. The molecule has 1 amide bonds. The Kier molecular flexibility index (Phi) is 5.37. The summed E-state index contributed by atoms with van der Waals surface area (Å²) < 4.78 is 30.3. The summed E-state index contributed by atoms with van der Waals surface area (Å²) in [5, 5.41) is 10.8. The zero-order chi connectivity index (χ0) is 14.4. The Hall–Kier alpha value is -2.02. The molecule has 0 aliphatic carbocycles. The van der Waals surface area contributed by atoms with Gasteiger partial charge in [0.1, 0.15) is 13.2 Å². The average molecular weight is 273 g/mol. The van der Waals surface area contributed by atoms with E-state index in [0.29, 0.717) is 5.56 Å². The standard InChI is InChI=1S/C12H13F2NO4/c1-7(8-2-3-9(13)10(14)4-8)15-11(16)5-19-6-12(17)18/h2-4,7H,5-6H2,1H3,(H,15,16)(H,17,18). The minimum atomic E-state index is -1.18. The summed E-state index contributed by atoms with van der Waals surface area (Å²) in [5.41, 5.74) is 0.394. The molecule has 0 aliphatic rings. The van der Waals surface area contributed by atoms with Crippen LogP contribution in [-0.2, 0) is 14.3 Å². The molecule has 0 fully saturated rings. The quantitative estimate of drug-likeness (QED) is 0.817. The molecule has 104 valence electrons. The molecule has 0 heterocycles. The molecule has 0 bridgehead atoms. The van der Waals surface area contributed by atoms with E-state index in [2.05, 4.69) is 10.1 Å². The van der Waals surface area contributed by atoms with Crippen molar-refractivity contribution in [3.63, 3.8) is 0 Å². The lowest BCUT2D eigenvalue weighted by molar-refractivity contribution is -0.143. The van der Waals surface area contributed by atoms with Gasteiger partial charge in [0.2, 0.25) is 5.91 Å². The summed E-state index contributed by atoms with van der Waals surface area (Å²) in [6, 6.07) is 2.75. The largest absolute Gasteiger partial charge is 0.480 e.